The monoisotopic (exact) mass is 345 g/mol. The lowest BCUT2D eigenvalue weighted by Gasteiger charge is -2.28. The lowest BCUT2D eigenvalue weighted by molar-refractivity contribution is -0.133. The number of carbonyl (C=O) groups excluding carboxylic acids is 3. The van der Waals surface area contributed by atoms with Gasteiger partial charge in [0.2, 0.25) is 5.91 Å². The number of aldehydes is 1. The summed E-state index contributed by atoms with van der Waals surface area (Å²) in [6.07, 6.45) is 4.53. The molecule has 2 N–H and O–H groups in total. The van der Waals surface area contributed by atoms with Crippen LogP contribution in [0, 0.1) is 5.92 Å². The molecule has 0 bridgehead atoms. The Balaban J connectivity index is 2.04. The molecule has 2 rings (SSSR count). The Hall–Kier alpha value is -2.37. The zero-order valence-electron chi connectivity index (χ0n) is 15.0. The predicted octanol–water partition coefficient (Wildman–Crippen LogP) is 1.53. The fraction of sp³-hybridized carbons (Fsp3) is 0.526. The summed E-state index contributed by atoms with van der Waals surface area (Å²) in [6.45, 7) is 0.582. The first-order chi connectivity index (χ1) is 12.1. The summed E-state index contributed by atoms with van der Waals surface area (Å²) in [5, 5.41) is 5.36. The highest BCUT2D eigenvalue weighted by atomic mass is 16.2. The molecule has 0 saturated carbocycles. The first kappa shape index (κ1) is 19.0. The van der Waals surface area contributed by atoms with E-state index in [4.69, 9.17) is 0 Å². The number of carbonyl (C=O) groups is 3. The Morgan fingerprint density at radius 3 is 2.44 bits per heavy atom. The van der Waals surface area contributed by atoms with Crippen LogP contribution in [0.15, 0.2) is 24.3 Å². The number of hydrogen-bond acceptors (Lipinski definition) is 3. The zero-order valence-corrected chi connectivity index (χ0v) is 15.0. The Labute approximate surface area is 149 Å². The number of hydrogen-bond donors (Lipinski definition) is 2. The van der Waals surface area contributed by atoms with Crippen LogP contribution < -0.4 is 10.6 Å². The summed E-state index contributed by atoms with van der Waals surface area (Å²) in [4.78, 5) is 36.8. The molecule has 1 unspecified atom stereocenters. The lowest BCUT2D eigenvalue weighted by atomic mass is 9.95. The molecule has 0 fully saturated rings. The Bertz CT molecular complexity index is 593. The molecule has 3 amide bonds. The summed E-state index contributed by atoms with van der Waals surface area (Å²) in [7, 11) is 3.30. The van der Waals surface area contributed by atoms with Gasteiger partial charge in [0.15, 0.2) is 0 Å². The third-order valence-corrected chi connectivity index (χ3v) is 4.78. The van der Waals surface area contributed by atoms with Crippen LogP contribution in [0.1, 0.15) is 30.4 Å². The van der Waals surface area contributed by atoms with Crippen LogP contribution in [0.4, 0.5) is 4.79 Å². The van der Waals surface area contributed by atoms with Crippen LogP contribution in [0.2, 0.25) is 0 Å². The van der Waals surface area contributed by atoms with Crippen molar-refractivity contribution in [2.45, 2.75) is 38.1 Å². The fourth-order valence-electron chi connectivity index (χ4n) is 3.35. The van der Waals surface area contributed by atoms with Crippen LogP contribution >= 0.6 is 0 Å². The maximum atomic E-state index is 12.9. The minimum Gasteiger partial charge on any atom is -0.344 e. The molecule has 136 valence electrons. The van der Waals surface area contributed by atoms with Crippen LogP contribution in [0.3, 0.4) is 0 Å². The molecule has 6 heteroatoms. The van der Waals surface area contributed by atoms with E-state index in [1.807, 2.05) is 12.1 Å². The van der Waals surface area contributed by atoms with Crippen molar-refractivity contribution < 1.29 is 14.4 Å². The average Bonchev–Trinajstić information content (AvgIpc) is 3.06. The van der Waals surface area contributed by atoms with Crippen molar-refractivity contribution >= 4 is 18.2 Å². The Kier molecular flexibility index (Phi) is 6.98. The van der Waals surface area contributed by atoms with Crippen LogP contribution in [-0.2, 0) is 22.4 Å². The second-order valence-electron chi connectivity index (χ2n) is 6.56. The highest BCUT2D eigenvalue weighted by Crippen LogP contribution is 2.29. The van der Waals surface area contributed by atoms with E-state index < -0.39 is 6.04 Å². The number of benzene rings is 1. The number of unbranched alkanes of at least 4 members (excludes halogenated alkanes) is 2. The topological polar surface area (TPSA) is 78.5 Å². The largest absolute Gasteiger partial charge is 0.344 e. The van der Waals surface area contributed by atoms with Crippen molar-refractivity contribution in [1.29, 1.82) is 0 Å². The highest BCUT2D eigenvalue weighted by molar-refractivity contribution is 5.87. The third-order valence-electron chi connectivity index (χ3n) is 4.78. The normalized spacial score (nSPS) is 14.5. The molecule has 0 aliphatic heterocycles. The van der Waals surface area contributed by atoms with Crippen molar-refractivity contribution in [2.24, 2.45) is 5.92 Å². The van der Waals surface area contributed by atoms with Crippen LogP contribution in [0.5, 0.6) is 0 Å². The molecular formula is C19H27N3O3. The van der Waals surface area contributed by atoms with Gasteiger partial charge >= 0.3 is 6.03 Å². The first-order valence-corrected chi connectivity index (χ1v) is 8.80. The van der Waals surface area contributed by atoms with Gasteiger partial charge in [0.1, 0.15) is 12.3 Å². The van der Waals surface area contributed by atoms with E-state index in [9.17, 15) is 14.4 Å². The van der Waals surface area contributed by atoms with E-state index in [1.165, 1.54) is 11.1 Å². The maximum absolute atomic E-state index is 12.9. The zero-order chi connectivity index (χ0) is 18.2. The van der Waals surface area contributed by atoms with Crippen molar-refractivity contribution in [3.8, 4) is 0 Å². The van der Waals surface area contributed by atoms with Gasteiger partial charge in [0, 0.05) is 27.1 Å². The van der Waals surface area contributed by atoms with E-state index in [1.54, 1.807) is 19.0 Å². The van der Waals surface area contributed by atoms with Gasteiger partial charge in [0.25, 0.3) is 0 Å². The van der Waals surface area contributed by atoms with Crippen molar-refractivity contribution in [3.05, 3.63) is 35.4 Å². The Morgan fingerprint density at radius 2 is 1.88 bits per heavy atom. The predicted molar refractivity (Wildman–Crippen MR) is 96.3 cm³/mol. The molecule has 0 heterocycles. The molecule has 6 nitrogen and oxygen atoms in total. The summed E-state index contributed by atoms with van der Waals surface area (Å²) in [5.74, 6) is -0.0212. The second kappa shape index (κ2) is 9.20. The minimum absolute atomic E-state index is 0.0552. The molecule has 1 aliphatic carbocycles. The minimum atomic E-state index is -0.552. The first-order valence-electron chi connectivity index (χ1n) is 8.80. The van der Waals surface area contributed by atoms with Gasteiger partial charge in [-0.05, 0) is 42.7 Å². The quantitative estimate of drug-likeness (QED) is 0.554. The van der Waals surface area contributed by atoms with Crippen molar-refractivity contribution in [1.82, 2.24) is 15.5 Å². The molecule has 1 aromatic rings. The number of rotatable bonds is 8. The van der Waals surface area contributed by atoms with Gasteiger partial charge in [-0.25, -0.2) is 4.79 Å². The average molecular weight is 345 g/mol. The molecule has 0 aromatic heterocycles. The molecule has 1 aliphatic rings. The highest BCUT2D eigenvalue weighted by Gasteiger charge is 2.35. The number of fused-ring (bicyclic) bond motifs is 1. The number of likely N-dealkylation sites (N-methyl/N-ethyl adjacent to an activating group) is 1. The summed E-state index contributed by atoms with van der Waals surface area (Å²) < 4.78 is 0. The van der Waals surface area contributed by atoms with E-state index in [0.29, 0.717) is 13.0 Å². The van der Waals surface area contributed by atoms with Gasteiger partial charge < -0.3 is 20.3 Å². The fourth-order valence-corrected chi connectivity index (χ4v) is 3.35. The van der Waals surface area contributed by atoms with Crippen molar-refractivity contribution in [2.75, 3.05) is 20.6 Å². The molecule has 25 heavy (non-hydrogen) atoms. The molecular weight excluding hydrogens is 318 g/mol. The third kappa shape index (κ3) is 5.05. The summed E-state index contributed by atoms with van der Waals surface area (Å²) in [5.41, 5.74) is 2.50. The molecule has 0 radical (unpaired) electrons. The summed E-state index contributed by atoms with van der Waals surface area (Å²) in [6, 6.07) is 7.28. The van der Waals surface area contributed by atoms with Crippen molar-refractivity contribution in [3.63, 3.8) is 0 Å². The van der Waals surface area contributed by atoms with Gasteiger partial charge in [-0.15, -0.1) is 0 Å². The van der Waals surface area contributed by atoms with E-state index in [-0.39, 0.29) is 17.9 Å². The number of nitrogens with zero attached hydrogens (tertiary/aromatic N) is 1. The number of nitrogens with one attached hydrogen (secondary N) is 2. The number of amides is 3. The van der Waals surface area contributed by atoms with Gasteiger partial charge in [0.05, 0.1) is 0 Å². The number of urea groups is 1. The van der Waals surface area contributed by atoms with Crippen LogP contribution in [-0.4, -0.2) is 49.8 Å². The smallest absolute Gasteiger partial charge is 0.315 e. The SMILES string of the molecule is CNC(=O)NC(C(=O)N(C)CCCCC=O)C1Cc2ccccc2C1. The standard InChI is InChI=1S/C19H27N3O3/c1-20-19(25)21-17(18(24)22(2)10-6-3-7-11-23)16-12-14-8-4-5-9-15(14)13-16/h4-5,8-9,11,16-17H,3,6-7,10,12-13H2,1-2H3,(H2,20,21,25). The molecule has 0 spiro atoms. The Morgan fingerprint density at radius 1 is 1.24 bits per heavy atom. The summed E-state index contributed by atoms with van der Waals surface area (Å²) >= 11 is 0. The van der Waals surface area contributed by atoms with Crippen LogP contribution in [0.25, 0.3) is 0 Å². The van der Waals surface area contributed by atoms with E-state index >= 15 is 0 Å². The van der Waals surface area contributed by atoms with E-state index in [0.717, 1.165) is 32.0 Å². The molecule has 1 atom stereocenters. The van der Waals surface area contributed by atoms with Gasteiger partial charge in [-0.2, -0.15) is 0 Å². The van der Waals surface area contributed by atoms with Gasteiger partial charge in [-0.1, -0.05) is 24.3 Å². The molecule has 0 saturated heterocycles. The van der Waals surface area contributed by atoms with E-state index in [2.05, 4.69) is 22.8 Å². The molecule has 1 aromatic carbocycles. The maximum Gasteiger partial charge on any atom is 0.315 e. The second-order valence-corrected chi connectivity index (χ2v) is 6.56. The lowest BCUT2D eigenvalue weighted by Crippen LogP contribution is -2.53. The van der Waals surface area contributed by atoms with Gasteiger partial charge in [-0.3, -0.25) is 4.79 Å².